The fourth-order valence-electron chi connectivity index (χ4n) is 9.52. The number of aromatic hydroxyl groups is 1. The highest BCUT2D eigenvalue weighted by Gasteiger charge is 2.37. The van der Waals surface area contributed by atoms with E-state index in [1.807, 2.05) is 0 Å². The molecule has 0 spiro atoms. The Labute approximate surface area is 540 Å². The third kappa shape index (κ3) is 26.6. The number of primary amides is 1. The number of nitrogens with two attached hydrogens (primary N) is 4. The number of benzene rings is 2. The van der Waals surface area contributed by atoms with Crippen molar-refractivity contribution >= 4 is 82.5 Å². The first-order valence-electron chi connectivity index (χ1n) is 31.1. The van der Waals surface area contributed by atoms with Crippen molar-refractivity contribution in [1.29, 1.82) is 0 Å². The van der Waals surface area contributed by atoms with Crippen molar-refractivity contribution in [2.75, 3.05) is 32.1 Å². The molecule has 0 saturated carbocycles. The molecule has 3 rings (SSSR count). The number of anilines is 1. The topological polar surface area (TPSA) is 520 Å². The van der Waals surface area contributed by atoms with Crippen LogP contribution >= 0.6 is 0 Å². The summed E-state index contributed by atoms with van der Waals surface area (Å²) in [6.45, 7) is 11.5. The SMILES string of the molecule is CC[C@H](C)[C@@H]1NC(=O)[C@H](CCC(N)=O)NC(=O)[C@H]([C@@H](C)O)NC(=O)[C@@H](N)CCCNC(=O)[C@H](CC(C)C)NC(=O)[C@H](CCCCN)NC(=O)C(=O)Nc2ccc(OC)c(c2)C(=O)NNC(=O)[C@@H](N)CCCNC(=O)[C@H](Cc2ccc(O)cc2)NC(=O)[C@H](C(C)C)NC1=O. The van der Waals surface area contributed by atoms with Gasteiger partial charge in [-0.15, -0.1) is 0 Å². The molecule has 0 aromatic heterocycles. The molecular weight excluding hydrogens is 1210 g/mol. The third-order valence-electron chi connectivity index (χ3n) is 15.2. The molecular formula is C61H96N16O16. The standard InChI is InChI=1S/C61H96N16O16/c1-9-33(6)48-58(89)73-47(32(4)5)57(88)72-44(29-35-17-20-37(79)21-18-35)54(85)67-27-13-15-40(64)52(83)77-76-50(81)38-30-36(19-23-45(38)93-8)68-60(91)61(92)70-41(16-10-11-25-62)55(86)71-43(28-31(2)3)53(84)66-26-12-14-39(63)51(82)75-49(34(7)78)59(90)69-42(56(87)74-48)22-24-46(65)80/h17-21,23,30-34,39-44,47-49,78-79H,9-16,22,24-29,62-64H2,1-8H3,(H2,65,80)(H,66,84)(H,67,85)(H,68,91)(H,69,90)(H,70,92)(H,71,86)(H,72,88)(H,73,89)(H,74,87)(H,75,82)(H,76,81)(H,77,83)/t33-,34+,39-,40-,41-,42-,43-,44-,47-,48-,49-/m0/s1. The van der Waals surface area contributed by atoms with Crippen LogP contribution in [0, 0.1) is 17.8 Å². The molecule has 0 aliphatic carbocycles. The number of phenolic OH excluding ortho intramolecular Hbond substituents is 1. The highest BCUT2D eigenvalue weighted by atomic mass is 16.5. The number of unbranched alkanes of at least 4 members (excludes halogenated alkanes) is 1. The molecule has 516 valence electrons. The van der Waals surface area contributed by atoms with E-state index >= 15 is 0 Å². The number of nitrogens with one attached hydrogen (secondary N) is 12. The van der Waals surface area contributed by atoms with Crippen LogP contribution < -0.4 is 91.7 Å². The van der Waals surface area contributed by atoms with Gasteiger partial charge in [-0.1, -0.05) is 60.1 Å². The predicted molar refractivity (Wildman–Crippen MR) is 340 cm³/mol. The van der Waals surface area contributed by atoms with Gasteiger partial charge in [-0.3, -0.25) is 73.2 Å². The van der Waals surface area contributed by atoms with Gasteiger partial charge in [0, 0.05) is 31.6 Å². The lowest BCUT2D eigenvalue weighted by molar-refractivity contribution is -0.138. The first kappa shape index (κ1) is 78.2. The van der Waals surface area contributed by atoms with Gasteiger partial charge in [0.25, 0.3) is 11.8 Å². The molecule has 0 unspecified atom stereocenters. The van der Waals surface area contributed by atoms with Crippen molar-refractivity contribution in [2.24, 2.45) is 40.7 Å². The van der Waals surface area contributed by atoms with E-state index < -0.39 is 162 Å². The van der Waals surface area contributed by atoms with Crippen LogP contribution in [-0.4, -0.2) is 174 Å². The summed E-state index contributed by atoms with van der Waals surface area (Å²) < 4.78 is 5.32. The van der Waals surface area contributed by atoms with Gasteiger partial charge in [-0.25, -0.2) is 0 Å². The van der Waals surface area contributed by atoms with E-state index in [9.17, 15) is 72.5 Å². The molecule has 93 heavy (non-hydrogen) atoms. The number of methoxy groups -OCH3 is 1. The fourth-order valence-corrected chi connectivity index (χ4v) is 9.52. The second kappa shape index (κ2) is 39.4. The Bertz CT molecular complexity index is 2910. The molecule has 13 amide bonds. The molecule has 32 nitrogen and oxygen atoms in total. The second-order valence-corrected chi connectivity index (χ2v) is 23.7. The number of hydrogen-bond donors (Lipinski definition) is 18. The Morgan fingerprint density at radius 2 is 1.13 bits per heavy atom. The van der Waals surface area contributed by atoms with Crippen molar-refractivity contribution in [1.82, 2.24) is 58.7 Å². The van der Waals surface area contributed by atoms with Crippen LogP contribution in [0.2, 0.25) is 0 Å². The van der Waals surface area contributed by atoms with Crippen molar-refractivity contribution in [3.8, 4) is 11.5 Å². The predicted octanol–water partition coefficient (Wildman–Crippen LogP) is -3.28. The number of aliphatic hydroxyl groups excluding tert-OH is 1. The molecule has 2 aromatic rings. The maximum Gasteiger partial charge on any atom is 0.313 e. The minimum atomic E-state index is -1.73. The lowest BCUT2D eigenvalue weighted by Crippen LogP contribution is -2.62. The number of fused-ring (bicyclic) bond motifs is 2. The molecule has 1 aliphatic rings. The van der Waals surface area contributed by atoms with Crippen molar-refractivity contribution in [3.63, 3.8) is 0 Å². The smallest absolute Gasteiger partial charge is 0.313 e. The normalized spacial score (nSPS) is 24.2. The van der Waals surface area contributed by atoms with Gasteiger partial charge in [-0.05, 0) is 125 Å². The second-order valence-electron chi connectivity index (χ2n) is 23.7. The van der Waals surface area contributed by atoms with E-state index in [1.165, 1.54) is 50.4 Å². The molecule has 22 N–H and O–H groups in total. The van der Waals surface area contributed by atoms with Crippen LogP contribution in [0.1, 0.15) is 135 Å². The van der Waals surface area contributed by atoms with Crippen LogP contribution in [0.5, 0.6) is 11.5 Å². The average Bonchev–Trinajstić information content (AvgIpc) is 1.27. The van der Waals surface area contributed by atoms with E-state index in [4.69, 9.17) is 27.7 Å². The highest BCUT2D eigenvalue weighted by molar-refractivity contribution is 6.40. The van der Waals surface area contributed by atoms with E-state index in [0.29, 0.717) is 24.8 Å². The molecule has 1 heterocycles. The van der Waals surface area contributed by atoms with Crippen LogP contribution in [0.3, 0.4) is 0 Å². The first-order valence-corrected chi connectivity index (χ1v) is 31.1. The van der Waals surface area contributed by atoms with Gasteiger partial charge in [0.15, 0.2) is 0 Å². The van der Waals surface area contributed by atoms with E-state index in [2.05, 4.69) is 64.0 Å². The maximum absolute atomic E-state index is 14.3. The lowest BCUT2D eigenvalue weighted by Gasteiger charge is -2.30. The van der Waals surface area contributed by atoms with Gasteiger partial charge in [-0.2, -0.15) is 0 Å². The summed E-state index contributed by atoms with van der Waals surface area (Å²) in [4.78, 5) is 177. The van der Waals surface area contributed by atoms with E-state index in [1.54, 1.807) is 41.5 Å². The summed E-state index contributed by atoms with van der Waals surface area (Å²) in [5, 5.41) is 46.4. The molecule has 0 fully saturated rings. The van der Waals surface area contributed by atoms with Crippen molar-refractivity contribution in [2.45, 2.75) is 186 Å². The number of phenols is 1. The number of carbonyl (C=O) groups is 13. The molecule has 0 saturated heterocycles. The molecule has 2 aromatic carbocycles. The number of hydrazine groups is 1. The van der Waals surface area contributed by atoms with E-state index in [-0.39, 0.29) is 93.2 Å². The molecule has 2 bridgehead atoms. The summed E-state index contributed by atoms with van der Waals surface area (Å²) in [6.07, 6.45) is -1.34. The summed E-state index contributed by atoms with van der Waals surface area (Å²) >= 11 is 0. The van der Waals surface area contributed by atoms with Crippen LogP contribution in [0.4, 0.5) is 5.69 Å². The Balaban J connectivity index is 2.03. The Morgan fingerprint density at radius 3 is 1.70 bits per heavy atom. The molecule has 11 atom stereocenters. The minimum Gasteiger partial charge on any atom is -0.508 e. The van der Waals surface area contributed by atoms with Gasteiger partial charge >= 0.3 is 11.8 Å². The molecule has 0 radical (unpaired) electrons. The Hall–Kier alpha value is -9.01. The molecule has 1 aliphatic heterocycles. The zero-order chi connectivity index (χ0) is 69.6. The zero-order valence-corrected chi connectivity index (χ0v) is 54.1. The number of aliphatic hydroxyl groups is 1. The average molecular weight is 1310 g/mol. The largest absolute Gasteiger partial charge is 0.508 e. The quantitative estimate of drug-likeness (QED) is 0.0579. The van der Waals surface area contributed by atoms with Gasteiger partial charge in [0.2, 0.25) is 53.2 Å². The van der Waals surface area contributed by atoms with Crippen LogP contribution in [0.15, 0.2) is 42.5 Å². The number of hydrogen-bond acceptors (Lipinski definition) is 19. The first-order chi connectivity index (χ1) is 43.9. The van der Waals surface area contributed by atoms with Gasteiger partial charge < -0.3 is 91.1 Å². The zero-order valence-electron chi connectivity index (χ0n) is 54.1. The number of ether oxygens (including phenoxy) is 1. The van der Waals surface area contributed by atoms with Gasteiger partial charge in [0.05, 0.1) is 30.9 Å². The number of rotatable bonds is 16. The van der Waals surface area contributed by atoms with Crippen LogP contribution in [-0.2, 0) is 64.0 Å². The minimum absolute atomic E-state index is 0.00180. The third-order valence-corrected chi connectivity index (χ3v) is 15.2. The summed E-state index contributed by atoms with van der Waals surface area (Å²) in [5.74, 6) is -13.4. The molecule has 32 heteroatoms. The monoisotopic (exact) mass is 1310 g/mol. The summed E-state index contributed by atoms with van der Waals surface area (Å²) in [6, 6.07) is -2.84. The number of carbonyl (C=O) groups excluding carboxylic acids is 13. The summed E-state index contributed by atoms with van der Waals surface area (Å²) in [5.41, 5.74) is 28.2. The summed E-state index contributed by atoms with van der Waals surface area (Å²) in [7, 11) is 1.25. The number of amides is 13. The van der Waals surface area contributed by atoms with Gasteiger partial charge in [0.1, 0.15) is 53.8 Å². The highest BCUT2D eigenvalue weighted by Crippen LogP contribution is 2.23. The Kier molecular flexibility index (Phi) is 33.1. The van der Waals surface area contributed by atoms with Crippen molar-refractivity contribution in [3.05, 3.63) is 53.6 Å². The fraction of sp³-hybridized carbons (Fsp3) is 0.590. The van der Waals surface area contributed by atoms with Crippen LogP contribution in [0.25, 0.3) is 0 Å². The van der Waals surface area contributed by atoms with Crippen molar-refractivity contribution < 1.29 is 77.3 Å². The Morgan fingerprint density at radius 1 is 0.591 bits per heavy atom. The maximum atomic E-state index is 14.3. The lowest BCUT2D eigenvalue weighted by atomic mass is 9.95. The van der Waals surface area contributed by atoms with E-state index in [0.717, 1.165) is 6.07 Å².